The third-order valence-corrected chi connectivity index (χ3v) is 4.45. The maximum absolute atomic E-state index is 11.3. The third-order valence-electron chi connectivity index (χ3n) is 4.12. The van der Waals surface area contributed by atoms with Crippen molar-refractivity contribution < 1.29 is 9.53 Å². The minimum atomic E-state index is -0.515. The van der Waals surface area contributed by atoms with E-state index >= 15 is 0 Å². The average Bonchev–Trinajstić information content (AvgIpc) is 2.39. The Labute approximate surface area is 124 Å². The molecule has 3 N–H and O–H groups in total. The fourth-order valence-electron chi connectivity index (χ4n) is 2.62. The summed E-state index contributed by atoms with van der Waals surface area (Å²) in [4.78, 5) is 11.3. The number of ether oxygens (including phenoxy) is 1. The van der Waals surface area contributed by atoms with Crippen molar-refractivity contribution in [1.29, 1.82) is 0 Å². The monoisotopic (exact) mass is 296 g/mol. The van der Waals surface area contributed by atoms with Gasteiger partial charge >= 0.3 is 0 Å². The van der Waals surface area contributed by atoms with E-state index in [4.69, 9.17) is 22.1 Å². The number of amides is 1. The van der Waals surface area contributed by atoms with Gasteiger partial charge in [-0.3, -0.25) is 4.79 Å². The Hall–Kier alpha value is -1.26. The highest BCUT2D eigenvalue weighted by atomic mass is 35.5. The van der Waals surface area contributed by atoms with Crippen LogP contribution in [0.15, 0.2) is 18.2 Å². The van der Waals surface area contributed by atoms with E-state index in [-0.39, 0.29) is 11.5 Å². The van der Waals surface area contributed by atoms with Crippen LogP contribution in [0, 0.1) is 5.41 Å². The van der Waals surface area contributed by atoms with Crippen molar-refractivity contribution in [2.75, 3.05) is 11.9 Å². The molecule has 1 aliphatic rings. The molecule has 1 aliphatic carbocycles. The summed E-state index contributed by atoms with van der Waals surface area (Å²) in [6.07, 6.45) is 1.22. The van der Waals surface area contributed by atoms with E-state index in [9.17, 15) is 4.79 Å². The molecule has 2 unspecified atom stereocenters. The van der Waals surface area contributed by atoms with Crippen LogP contribution >= 0.6 is 11.6 Å². The van der Waals surface area contributed by atoms with Crippen LogP contribution in [-0.2, 0) is 4.74 Å². The van der Waals surface area contributed by atoms with Gasteiger partial charge in [0.25, 0.3) is 0 Å². The lowest BCUT2D eigenvalue weighted by atomic mass is 9.64. The van der Waals surface area contributed by atoms with Gasteiger partial charge in [-0.1, -0.05) is 25.4 Å². The van der Waals surface area contributed by atoms with Crippen molar-refractivity contribution in [2.45, 2.75) is 39.3 Å². The van der Waals surface area contributed by atoms with Gasteiger partial charge in [-0.05, 0) is 31.5 Å². The Morgan fingerprint density at radius 2 is 2.25 bits per heavy atom. The lowest BCUT2D eigenvalue weighted by molar-refractivity contribution is -0.0975. The summed E-state index contributed by atoms with van der Waals surface area (Å²) in [7, 11) is 0. The van der Waals surface area contributed by atoms with E-state index in [1.165, 1.54) is 0 Å². The van der Waals surface area contributed by atoms with E-state index in [0.29, 0.717) is 16.6 Å². The normalized spacial score (nSPS) is 24.0. The van der Waals surface area contributed by atoms with Gasteiger partial charge in [0.15, 0.2) is 0 Å². The Bertz CT molecular complexity index is 517. The molecule has 0 bridgehead atoms. The number of halogens is 1. The number of benzene rings is 1. The fraction of sp³-hybridized carbons (Fsp3) is 0.533. The molecule has 1 fully saturated rings. The summed E-state index contributed by atoms with van der Waals surface area (Å²) in [5, 5.41) is 3.81. The summed E-state index contributed by atoms with van der Waals surface area (Å²) in [6, 6.07) is 5.56. The van der Waals surface area contributed by atoms with E-state index in [0.717, 1.165) is 18.7 Å². The molecule has 0 heterocycles. The van der Waals surface area contributed by atoms with Gasteiger partial charge in [0.2, 0.25) is 5.91 Å². The second-order valence-corrected chi connectivity index (χ2v) is 6.16. The molecule has 1 saturated carbocycles. The first kappa shape index (κ1) is 15.1. The molecule has 0 aliphatic heterocycles. The van der Waals surface area contributed by atoms with Crippen LogP contribution < -0.4 is 11.1 Å². The van der Waals surface area contributed by atoms with Gasteiger partial charge in [-0.2, -0.15) is 0 Å². The molecule has 110 valence electrons. The highest BCUT2D eigenvalue weighted by molar-refractivity contribution is 6.33. The van der Waals surface area contributed by atoms with Crippen molar-refractivity contribution in [3.8, 4) is 0 Å². The molecule has 2 atom stereocenters. The minimum Gasteiger partial charge on any atom is -0.382 e. The van der Waals surface area contributed by atoms with Gasteiger partial charge in [0.1, 0.15) is 0 Å². The maximum atomic E-state index is 11.3. The van der Waals surface area contributed by atoms with Gasteiger partial charge < -0.3 is 15.8 Å². The SMILES string of the molecule is CCOC1CC(Nc2ccc(Cl)c(C(N)=O)c2)C1(C)C. The van der Waals surface area contributed by atoms with Crippen molar-refractivity contribution >= 4 is 23.2 Å². The molecule has 20 heavy (non-hydrogen) atoms. The van der Waals surface area contributed by atoms with Crippen LogP contribution in [0.3, 0.4) is 0 Å². The Morgan fingerprint density at radius 3 is 2.80 bits per heavy atom. The van der Waals surface area contributed by atoms with Crippen molar-refractivity contribution in [3.63, 3.8) is 0 Å². The molecule has 0 spiro atoms. The molecule has 4 nitrogen and oxygen atoms in total. The molecule has 2 rings (SSSR count). The first-order chi connectivity index (χ1) is 9.36. The molecule has 5 heteroatoms. The Kier molecular flexibility index (Phi) is 4.25. The number of carbonyl (C=O) groups excluding carboxylic acids is 1. The summed E-state index contributed by atoms with van der Waals surface area (Å²) < 4.78 is 5.71. The number of anilines is 1. The smallest absolute Gasteiger partial charge is 0.250 e. The van der Waals surface area contributed by atoms with Gasteiger partial charge in [-0.25, -0.2) is 0 Å². The standard InChI is InChI=1S/C15H21ClN2O2/c1-4-20-13-8-12(15(13,2)3)18-9-5-6-11(16)10(7-9)14(17)19/h5-7,12-13,18H,4,8H2,1-3H3,(H2,17,19). The number of nitrogens with two attached hydrogens (primary N) is 1. The number of carbonyl (C=O) groups is 1. The zero-order valence-corrected chi connectivity index (χ0v) is 12.8. The van der Waals surface area contributed by atoms with Crippen molar-refractivity contribution in [2.24, 2.45) is 11.1 Å². The van der Waals surface area contributed by atoms with E-state index in [1.807, 2.05) is 13.0 Å². The summed E-state index contributed by atoms with van der Waals surface area (Å²) in [5.41, 5.74) is 6.56. The molecular formula is C15H21ClN2O2. The molecular weight excluding hydrogens is 276 g/mol. The lowest BCUT2D eigenvalue weighted by Crippen LogP contribution is -2.58. The van der Waals surface area contributed by atoms with Crippen molar-refractivity contribution in [1.82, 2.24) is 0 Å². The number of hydrogen-bond acceptors (Lipinski definition) is 3. The predicted octanol–water partition coefficient (Wildman–Crippen LogP) is 3.05. The highest BCUT2D eigenvalue weighted by Crippen LogP contribution is 2.44. The van der Waals surface area contributed by atoms with E-state index in [2.05, 4.69) is 19.2 Å². The van der Waals surface area contributed by atoms with Crippen LogP contribution in [0.1, 0.15) is 37.6 Å². The summed E-state index contributed by atoms with van der Waals surface area (Å²) in [6.45, 7) is 7.10. The topological polar surface area (TPSA) is 64.3 Å². The second kappa shape index (κ2) is 5.62. The van der Waals surface area contributed by atoms with Crippen LogP contribution in [0.4, 0.5) is 5.69 Å². The zero-order chi connectivity index (χ0) is 14.9. The number of nitrogens with one attached hydrogen (secondary N) is 1. The zero-order valence-electron chi connectivity index (χ0n) is 12.1. The van der Waals surface area contributed by atoms with Gasteiger partial charge in [0, 0.05) is 23.8 Å². The third kappa shape index (κ3) is 2.76. The Morgan fingerprint density at radius 1 is 1.55 bits per heavy atom. The van der Waals surface area contributed by atoms with E-state index < -0.39 is 5.91 Å². The summed E-state index contributed by atoms with van der Waals surface area (Å²) in [5.74, 6) is -0.515. The first-order valence-corrected chi connectivity index (χ1v) is 7.21. The van der Waals surface area contributed by atoms with E-state index in [1.54, 1.807) is 12.1 Å². The van der Waals surface area contributed by atoms with Crippen LogP contribution in [0.2, 0.25) is 5.02 Å². The molecule has 1 amide bonds. The first-order valence-electron chi connectivity index (χ1n) is 6.83. The molecule has 0 aromatic heterocycles. The van der Waals surface area contributed by atoms with Crippen molar-refractivity contribution in [3.05, 3.63) is 28.8 Å². The predicted molar refractivity (Wildman–Crippen MR) is 81.2 cm³/mol. The minimum absolute atomic E-state index is 0.0581. The molecule has 0 radical (unpaired) electrons. The lowest BCUT2D eigenvalue weighted by Gasteiger charge is -2.52. The molecule has 1 aromatic carbocycles. The largest absolute Gasteiger partial charge is 0.382 e. The molecule has 1 aromatic rings. The maximum Gasteiger partial charge on any atom is 0.250 e. The second-order valence-electron chi connectivity index (χ2n) is 5.76. The number of rotatable bonds is 5. The fourth-order valence-corrected chi connectivity index (χ4v) is 2.83. The molecule has 0 saturated heterocycles. The highest BCUT2D eigenvalue weighted by Gasteiger charge is 2.48. The average molecular weight is 297 g/mol. The quantitative estimate of drug-likeness (QED) is 0.878. The van der Waals surface area contributed by atoms with Gasteiger partial charge in [-0.15, -0.1) is 0 Å². The number of primary amides is 1. The van der Waals surface area contributed by atoms with Crippen LogP contribution in [0.5, 0.6) is 0 Å². The van der Waals surface area contributed by atoms with Crippen LogP contribution in [0.25, 0.3) is 0 Å². The summed E-state index contributed by atoms with van der Waals surface area (Å²) >= 11 is 5.95. The number of hydrogen-bond donors (Lipinski definition) is 2. The van der Waals surface area contributed by atoms with Crippen LogP contribution in [-0.4, -0.2) is 24.7 Å². The Balaban J connectivity index is 2.09. The van der Waals surface area contributed by atoms with Gasteiger partial charge in [0.05, 0.1) is 16.7 Å².